The second-order valence-corrected chi connectivity index (χ2v) is 4.20. The number of nitrogens with zero attached hydrogens (tertiary/aromatic N) is 1. The van der Waals surface area contributed by atoms with E-state index in [0.717, 1.165) is 0 Å². The average molecular weight is 328 g/mol. The molecule has 1 rings (SSSR count). The van der Waals surface area contributed by atoms with Crippen molar-refractivity contribution >= 4 is 11.6 Å². The molecule has 1 aromatic carbocycles. The van der Waals surface area contributed by atoms with Crippen molar-refractivity contribution < 1.29 is 31.1 Å². The van der Waals surface area contributed by atoms with E-state index in [0.29, 0.717) is 12.1 Å². The van der Waals surface area contributed by atoms with Crippen LogP contribution in [0, 0.1) is 0 Å². The summed E-state index contributed by atoms with van der Waals surface area (Å²) in [4.78, 5) is 3.72. The lowest BCUT2D eigenvalue weighted by molar-refractivity contribution is -0.143. The summed E-state index contributed by atoms with van der Waals surface area (Å²) in [7, 11) is 1.40. The quantitative estimate of drug-likeness (QED) is 0.510. The highest BCUT2D eigenvalue weighted by Crippen LogP contribution is 2.37. The Morgan fingerprint density at radius 3 is 1.91 bits per heavy atom. The van der Waals surface area contributed by atoms with Crippen LogP contribution in [0.4, 0.5) is 32.0 Å². The number of rotatable bonds is 4. The van der Waals surface area contributed by atoms with Gasteiger partial charge in [0.2, 0.25) is 5.90 Å². The van der Waals surface area contributed by atoms with Gasteiger partial charge in [0.1, 0.15) is 0 Å². The van der Waals surface area contributed by atoms with Gasteiger partial charge < -0.3 is 10.1 Å². The first-order chi connectivity index (χ1) is 10.1. The Hall–Kier alpha value is -1.93. The van der Waals surface area contributed by atoms with Gasteiger partial charge in [-0.05, 0) is 25.1 Å². The third kappa shape index (κ3) is 5.12. The summed E-state index contributed by atoms with van der Waals surface area (Å²) < 4.78 is 81.1. The fourth-order valence-corrected chi connectivity index (χ4v) is 1.60. The van der Waals surface area contributed by atoms with Gasteiger partial charge in [-0.2, -0.15) is 26.3 Å². The van der Waals surface area contributed by atoms with Crippen LogP contribution >= 0.6 is 0 Å². The zero-order valence-electron chi connectivity index (χ0n) is 11.8. The van der Waals surface area contributed by atoms with E-state index >= 15 is 0 Å². The minimum absolute atomic E-state index is 0.0720. The number of benzene rings is 1. The standard InChI is InChI=1S/C13H14F6N2O/c1-3-22-11(20-2)7-21-10-5-8(12(14,15)16)4-9(6-10)13(17,18)19/h4-6,21H,3,7H2,1-2H3. The third-order valence-corrected chi connectivity index (χ3v) is 2.59. The molecule has 0 radical (unpaired) electrons. The molecule has 1 N–H and O–H groups in total. The lowest BCUT2D eigenvalue weighted by Gasteiger charge is -2.15. The van der Waals surface area contributed by atoms with E-state index in [1.807, 2.05) is 0 Å². The van der Waals surface area contributed by atoms with Crippen molar-refractivity contribution in [2.75, 3.05) is 25.5 Å². The molecule has 22 heavy (non-hydrogen) atoms. The normalized spacial score (nSPS) is 13.2. The van der Waals surface area contributed by atoms with Crippen molar-refractivity contribution in [3.63, 3.8) is 0 Å². The first-order valence-electron chi connectivity index (χ1n) is 6.19. The summed E-state index contributed by atoms with van der Waals surface area (Å²) in [5.41, 5.74) is -3.07. The number of halogens is 6. The first-order valence-corrected chi connectivity index (χ1v) is 6.19. The Labute approximate surface area is 123 Å². The summed E-state index contributed by atoms with van der Waals surface area (Å²) in [6.45, 7) is 1.84. The van der Waals surface area contributed by atoms with Gasteiger partial charge in [0.05, 0.1) is 24.3 Å². The largest absolute Gasteiger partial charge is 0.480 e. The highest BCUT2D eigenvalue weighted by molar-refractivity contribution is 5.80. The lowest BCUT2D eigenvalue weighted by atomic mass is 10.1. The number of nitrogens with one attached hydrogen (secondary N) is 1. The van der Waals surface area contributed by atoms with Gasteiger partial charge in [0.25, 0.3) is 0 Å². The average Bonchev–Trinajstić information content (AvgIpc) is 2.41. The molecule has 0 spiro atoms. The van der Waals surface area contributed by atoms with Crippen LogP contribution in [0.25, 0.3) is 0 Å². The van der Waals surface area contributed by atoms with E-state index in [9.17, 15) is 26.3 Å². The molecule has 0 bridgehead atoms. The topological polar surface area (TPSA) is 33.6 Å². The predicted octanol–water partition coefficient (Wildman–Crippen LogP) is 4.20. The number of hydrogen-bond donors (Lipinski definition) is 1. The lowest BCUT2D eigenvalue weighted by Crippen LogP contribution is -2.18. The van der Waals surface area contributed by atoms with E-state index in [4.69, 9.17) is 4.74 Å². The molecule has 0 aliphatic rings. The van der Waals surface area contributed by atoms with Crippen LogP contribution in [-0.2, 0) is 17.1 Å². The van der Waals surface area contributed by atoms with E-state index < -0.39 is 23.5 Å². The molecule has 3 nitrogen and oxygen atoms in total. The van der Waals surface area contributed by atoms with Crippen LogP contribution in [0.15, 0.2) is 23.2 Å². The smallest absolute Gasteiger partial charge is 0.416 e. The zero-order valence-corrected chi connectivity index (χ0v) is 11.8. The maximum Gasteiger partial charge on any atom is 0.416 e. The van der Waals surface area contributed by atoms with E-state index in [2.05, 4.69) is 10.3 Å². The molecule has 0 saturated carbocycles. The Morgan fingerprint density at radius 2 is 1.55 bits per heavy atom. The van der Waals surface area contributed by atoms with Gasteiger partial charge in [0.15, 0.2) is 0 Å². The Kier molecular flexibility index (Phi) is 5.67. The summed E-state index contributed by atoms with van der Waals surface area (Å²) in [5, 5.41) is 2.45. The van der Waals surface area contributed by atoms with Crippen molar-refractivity contribution in [2.45, 2.75) is 19.3 Å². The monoisotopic (exact) mass is 328 g/mol. The SMILES string of the molecule is CCOC(CNc1cc(C(F)(F)F)cc(C(F)(F)F)c1)=NC. The van der Waals surface area contributed by atoms with Crippen LogP contribution in [0.3, 0.4) is 0 Å². The fraction of sp³-hybridized carbons (Fsp3) is 0.462. The van der Waals surface area contributed by atoms with Crippen LogP contribution in [-0.4, -0.2) is 26.1 Å². The minimum atomic E-state index is -4.88. The summed E-state index contributed by atoms with van der Waals surface area (Å²) in [6, 6.07) is 1.28. The number of ether oxygens (including phenoxy) is 1. The Balaban J connectivity index is 3.09. The molecule has 0 aliphatic heterocycles. The van der Waals surface area contributed by atoms with Crippen LogP contribution < -0.4 is 5.32 Å². The maximum absolute atomic E-state index is 12.7. The molecule has 124 valence electrons. The van der Waals surface area contributed by atoms with Crippen LogP contribution in [0.1, 0.15) is 18.1 Å². The summed E-state index contributed by atoms with van der Waals surface area (Å²) in [5.74, 6) is 0.175. The van der Waals surface area contributed by atoms with E-state index in [1.165, 1.54) is 7.05 Å². The Bertz CT molecular complexity index is 504. The number of anilines is 1. The van der Waals surface area contributed by atoms with Gasteiger partial charge in [-0.15, -0.1) is 0 Å². The molecule has 0 amide bonds. The molecule has 0 fully saturated rings. The second-order valence-electron chi connectivity index (χ2n) is 4.20. The molecule has 0 aliphatic carbocycles. The highest BCUT2D eigenvalue weighted by Gasteiger charge is 2.36. The molecular formula is C13H14F6N2O. The van der Waals surface area contributed by atoms with Crippen LogP contribution in [0.2, 0.25) is 0 Å². The summed E-state index contributed by atoms with van der Waals surface area (Å²) in [6.07, 6.45) is -9.75. The summed E-state index contributed by atoms with van der Waals surface area (Å²) >= 11 is 0. The van der Waals surface area contributed by atoms with Gasteiger partial charge in [0, 0.05) is 12.7 Å². The fourth-order valence-electron chi connectivity index (χ4n) is 1.60. The van der Waals surface area contributed by atoms with Crippen LogP contribution in [0.5, 0.6) is 0 Å². The molecule has 0 heterocycles. The molecule has 0 aromatic heterocycles. The van der Waals surface area contributed by atoms with Crippen molar-refractivity contribution in [1.29, 1.82) is 0 Å². The van der Waals surface area contributed by atoms with E-state index in [-0.39, 0.29) is 30.8 Å². The molecule has 0 atom stereocenters. The molecule has 1 aromatic rings. The van der Waals surface area contributed by atoms with Gasteiger partial charge >= 0.3 is 12.4 Å². The van der Waals surface area contributed by atoms with Crippen molar-refractivity contribution in [2.24, 2.45) is 4.99 Å². The first kappa shape index (κ1) is 18.1. The second kappa shape index (κ2) is 6.89. The predicted molar refractivity (Wildman–Crippen MR) is 69.9 cm³/mol. The third-order valence-electron chi connectivity index (χ3n) is 2.59. The molecule has 9 heteroatoms. The highest BCUT2D eigenvalue weighted by atomic mass is 19.4. The Morgan fingerprint density at radius 1 is 1.05 bits per heavy atom. The number of aliphatic imine (C=N–C) groups is 1. The zero-order chi connectivity index (χ0) is 17.0. The molecule has 0 unspecified atom stereocenters. The minimum Gasteiger partial charge on any atom is -0.480 e. The number of alkyl halides is 6. The van der Waals surface area contributed by atoms with Gasteiger partial charge in [-0.1, -0.05) is 0 Å². The van der Waals surface area contributed by atoms with Crippen molar-refractivity contribution in [3.8, 4) is 0 Å². The van der Waals surface area contributed by atoms with Crippen molar-refractivity contribution in [1.82, 2.24) is 0 Å². The van der Waals surface area contributed by atoms with E-state index in [1.54, 1.807) is 6.92 Å². The maximum atomic E-state index is 12.7. The van der Waals surface area contributed by atoms with Crippen molar-refractivity contribution in [3.05, 3.63) is 29.3 Å². The van der Waals surface area contributed by atoms with Gasteiger partial charge in [-0.3, -0.25) is 4.99 Å². The number of hydrogen-bond acceptors (Lipinski definition) is 3. The molecular weight excluding hydrogens is 314 g/mol. The van der Waals surface area contributed by atoms with Gasteiger partial charge in [-0.25, -0.2) is 0 Å². The molecule has 0 saturated heterocycles.